The quantitative estimate of drug-likeness (QED) is 0.314. The van der Waals surface area contributed by atoms with Gasteiger partial charge in [-0.2, -0.15) is 0 Å². The molecule has 0 heterocycles. The number of carbonyl (C=O) groups is 1. The Morgan fingerprint density at radius 2 is 1.06 bits per heavy atom. The number of hydrogen-bond donors (Lipinski definition) is 7. The molecular formula is C5H21NO7P2S2. The summed E-state index contributed by atoms with van der Waals surface area (Å²) in [6.45, 7) is -5.89. The van der Waals surface area contributed by atoms with E-state index in [2.05, 4.69) is 29.3 Å². The molecule has 0 aromatic rings. The summed E-state index contributed by atoms with van der Waals surface area (Å²) >= 11 is 7.21. The third-order valence-electron chi connectivity index (χ3n) is 0.348. The fourth-order valence-electron chi connectivity index (χ4n) is 0. The maximum Gasteiger partial charge on any atom is 0.319 e. The normalized spacial score (nSPS) is 9.12. The summed E-state index contributed by atoms with van der Waals surface area (Å²) in [6, 6.07) is 0. The van der Waals surface area contributed by atoms with Crippen LogP contribution in [0.1, 0.15) is 28.2 Å². The molecule has 0 aromatic heterocycles. The molecule has 0 atom stereocenters. The topological polar surface area (TPSA) is 164 Å². The van der Waals surface area contributed by atoms with Crippen LogP contribution in [0.4, 0.5) is 0 Å². The Bertz CT molecular complexity index is 226. The maximum absolute atomic E-state index is 9.59. The summed E-state index contributed by atoms with van der Waals surface area (Å²) in [5.74, 6) is -0.245. The predicted octanol–water partition coefficient (Wildman–Crippen LogP) is -0.471. The van der Waals surface area contributed by atoms with Gasteiger partial charge in [0.2, 0.25) is 5.91 Å². The molecule has 0 fully saturated rings. The van der Waals surface area contributed by atoms with Gasteiger partial charge in [-0.25, -0.2) is 0 Å². The lowest BCUT2D eigenvalue weighted by molar-refractivity contribution is -0.117. The minimum Gasteiger partial charge on any atom is -0.370 e. The molecule has 17 heavy (non-hydrogen) atoms. The average molecular weight is 333 g/mol. The number of rotatable bonds is 1. The van der Waals surface area contributed by atoms with E-state index in [9.17, 15) is 4.79 Å². The lowest BCUT2D eigenvalue weighted by Gasteiger charge is -1.88. The van der Waals surface area contributed by atoms with Crippen LogP contribution < -0.4 is 5.73 Å². The third kappa shape index (κ3) is 545. The fraction of sp³-hybridized carbons (Fsp3) is 0.800. The summed E-state index contributed by atoms with van der Waals surface area (Å²) in [6.07, 6.45) is 0.444. The van der Waals surface area contributed by atoms with Gasteiger partial charge in [-0.1, -0.05) is 21.8 Å². The lowest BCUT2D eigenvalue weighted by atomic mass is 10.5. The van der Waals surface area contributed by atoms with E-state index >= 15 is 0 Å². The van der Waals surface area contributed by atoms with E-state index in [4.69, 9.17) is 29.4 Å². The van der Waals surface area contributed by atoms with Crippen LogP contribution in [0.3, 0.4) is 0 Å². The first kappa shape index (κ1) is 30.5. The Kier molecular flexibility index (Phi) is 26.2. The van der Waals surface area contributed by atoms with Crippen molar-refractivity contribution in [2.45, 2.75) is 28.2 Å². The van der Waals surface area contributed by atoms with Gasteiger partial charge in [0.05, 0.1) is 0 Å². The number of primary amides is 1. The van der Waals surface area contributed by atoms with Crippen molar-refractivity contribution >= 4 is 43.0 Å². The van der Waals surface area contributed by atoms with Gasteiger partial charge in [-0.05, 0) is 23.6 Å². The first-order valence-electron chi connectivity index (χ1n) is 3.12. The highest BCUT2D eigenvalue weighted by Gasteiger charge is 1.92. The van der Waals surface area contributed by atoms with E-state index < -0.39 is 13.4 Å². The summed E-state index contributed by atoms with van der Waals surface area (Å²) in [7, 11) is 0. The zero-order chi connectivity index (χ0) is 13.3. The van der Waals surface area contributed by atoms with E-state index in [1.807, 2.05) is 0 Å². The number of carbonyl (C=O) groups excluding carboxylic acids is 1. The lowest BCUT2D eigenvalue weighted by Crippen LogP contribution is -2.06. The van der Waals surface area contributed by atoms with Crippen LogP contribution in [0, 0.1) is 0 Å². The van der Waals surface area contributed by atoms with Crippen molar-refractivity contribution in [3.05, 3.63) is 0 Å². The average Bonchev–Trinajstić information content (AvgIpc) is 1.79. The summed E-state index contributed by atoms with van der Waals surface area (Å²) in [5.41, 5.74) is 4.65. The Morgan fingerprint density at radius 1 is 1.00 bits per heavy atom. The zero-order valence-corrected chi connectivity index (χ0v) is 11.0. The van der Waals surface area contributed by atoms with Crippen molar-refractivity contribution in [3.8, 4) is 0 Å². The van der Waals surface area contributed by atoms with E-state index in [0.717, 1.165) is 0 Å². The molecule has 8 N–H and O–H groups in total. The van der Waals surface area contributed by atoms with Crippen LogP contribution in [0.25, 0.3) is 0 Å². The monoisotopic (exact) mass is 333 g/mol. The molecule has 0 spiro atoms. The molecule has 110 valence electrons. The molecule has 0 aliphatic heterocycles. The van der Waals surface area contributed by atoms with Crippen LogP contribution in [-0.4, -0.2) is 35.3 Å². The van der Waals surface area contributed by atoms with Crippen molar-refractivity contribution in [2.75, 3.05) is 0 Å². The second kappa shape index (κ2) is 14.6. The molecule has 0 unspecified atom stereocenters. The first-order chi connectivity index (χ1) is 6.27. The highest BCUT2D eigenvalue weighted by molar-refractivity contribution is 8.06. The fourth-order valence-corrected chi connectivity index (χ4v) is 0. The van der Waals surface area contributed by atoms with Crippen LogP contribution >= 0.6 is 13.4 Å². The highest BCUT2D eigenvalue weighted by Crippen LogP contribution is 2.26. The second-order valence-corrected chi connectivity index (χ2v) is 6.84. The van der Waals surface area contributed by atoms with Crippen molar-refractivity contribution in [3.63, 3.8) is 0 Å². The van der Waals surface area contributed by atoms with Gasteiger partial charge in [-0.15, -0.1) is 0 Å². The van der Waals surface area contributed by atoms with Crippen LogP contribution in [-0.2, 0) is 28.4 Å². The van der Waals surface area contributed by atoms with E-state index in [1.165, 1.54) is 0 Å². The number of amides is 1. The summed E-state index contributed by atoms with van der Waals surface area (Å²) < 4.78 is 0. The molecule has 0 rings (SSSR count). The van der Waals surface area contributed by atoms with Gasteiger partial charge in [0.25, 0.3) is 0 Å². The van der Waals surface area contributed by atoms with Crippen LogP contribution in [0.15, 0.2) is 0 Å². The predicted molar refractivity (Wildman–Crippen MR) is 74.8 cm³/mol. The zero-order valence-electron chi connectivity index (χ0n) is 7.59. The first-order valence-corrected chi connectivity index (χ1v) is 8.44. The Hall–Kier alpha value is 0.530. The van der Waals surface area contributed by atoms with Crippen molar-refractivity contribution in [2.24, 2.45) is 5.73 Å². The standard InChI is InChI=1S/C3H7NO.2CH4.2H3O3PS/c1-2-3(4)5;;;2*1-4(2,3)5/h2H2,1H3,(H2,4,5);2*1H4;2*(H3,1,2,3,5). The molecule has 1 amide bonds. The van der Waals surface area contributed by atoms with Gasteiger partial charge in [0.1, 0.15) is 0 Å². The molecular weight excluding hydrogens is 312 g/mol. The van der Waals surface area contributed by atoms with Gasteiger partial charge >= 0.3 is 13.4 Å². The molecule has 0 saturated heterocycles. The van der Waals surface area contributed by atoms with Crippen LogP contribution in [0.5, 0.6) is 0 Å². The summed E-state index contributed by atoms with van der Waals surface area (Å²) in [5, 5.41) is 0. The van der Waals surface area contributed by atoms with Gasteiger partial charge in [0, 0.05) is 6.42 Å². The number of hydrogen-bond acceptors (Lipinski definition) is 3. The SMILES string of the molecule is C.C.CCC(N)=O.OP(O)(O)=S.OP(O)(O)=S. The van der Waals surface area contributed by atoms with Gasteiger partial charge in [0.15, 0.2) is 0 Å². The van der Waals surface area contributed by atoms with Gasteiger partial charge in [-0.3, -0.25) is 4.79 Å². The maximum atomic E-state index is 9.59. The Balaban J connectivity index is -0.0000000400. The minimum atomic E-state index is -3.81. The molecule has 0 saturated carbocycles. The second-order valence-electron chi connectivity index (χ2n) is 1.85. The number of nitrogens with two attached hydrogens (primary N) is 1. The smallest absolute Gasteiger partial charge is 0.319 e. The molecule has 0 aliphatic rings. The minimum absolute atomic E-state index is 0. The largest absolute Gasteiger partial charge is 0.370 e. The summed E-state index contributed by atoms with van der Waals surface area (Å²) in [4.78, 5) is 54.9. The Morgan fingerprint density at radius 3 is 1.06 bits per heavy atom. The third-order valence-corrected chi connectivity index (χ3v) is 0.348. The van der Waals surface area contributed by atoms with E-state index in [0.29, 0.717) is 6.42 Å². The van der Waals surface area contributed by atoms with Gasteiger partial charge < -0.3 is 35.1 Å². The van der Waals surface area contributed by atoms with Crippen molar-refractivity contribution < 1.29 is 34.2 Å². The molecule has 0 radical (unpaired) electrons. The Labute approximate surface area is 111 Å². The molecule has 8 nitrogen and oxygen atoms in total. The van der Waals surface area contributed by atoms with E-state index in [1.54, 1.807) is 6.92 Å². The molecule has 0 aromatic carbocycles. The van der Waals surface area contributed by atoms with Crippen molar-refractivity contribution in [1.29, 1.82) is 0 Å². The van der Waals surface area contributed by atoms with Crippen molar-refractivity contribution in [1.82, 2.24) is 0 Å². The molecule has 0 bridgehead atoms. The van der Waals surface area contributed by atoms with Crippen LogP contribution in [0.2, 0.25) is 0 Å². The highest BCUT2D eigenvalue weighted by atomic mass is 32.5. The molecule has 12 heteroatoms. The van der Waals surface area contributed by atoms with E-state index in [-0.39, 0.29) is 20.8 Å². The molecule has 0 aliphatic carbocycles.